The summed E-state index contributed by atoms with van der Waals surface area (Å²) in [6.07, 6.45) is 0. The van der Waals surface area contributed by atoms with Crippen LogP contribution in [0, 0.1) is 5.82 Å². The molecule has 0 aliphatic carbocycles. The van der Waals surface area contributed by atoms with Crippen molar-refractivity contribution in [1.82, 2.24) is 19.6 Å². The molecule has 8 heteroatoms. The molecule has 2 heterocycles. The number of carbonyl (C=O) groups excluding carboxylic acids is 2. The maximum Gasteiger partial charge on any atom is 0.272 e. The van der Waals surface area contributed by atoms with E-state index in [1.807, 2.05) is 0 Å². The number of aromatic nitrogens is 2. The van der Waals surface area contributed by atoms with Gasteiger partial charge in [-0.2, -0.15) is 5.10 Å². The molecule has 0 unspecified atom stereocenters. The molecule has 0 saturated carbocycles. The van der Waals surface area contributed by atoms with Crippen molar-refractivity contribution in [3.05, 3.63) is 71.1 Å². The Morgan fingerprint density at radius 1 is 0.967 bits per heavy atom. The van der Waals surface area contributed by atoms with Gasteiger partial charge in [-0.05, 0) is 30.3 Å². The second kappa shape index (κ2) is 8.28. The molecule has 1 aliphatic rings. The molecule has 4 rings (SSSR count). The van der Waals surface area contributed by atoms with Crippen molar-refractivity contribution < 1.29 is 14.0 Å². The van der Waals surface area contributed by atoms with Crippen molar-refractivity contribution in [2.75, 3.05) is 26.2 Å². The summed E-state index contributed by atoms with van der Waals surface area (Å²) in [6, 6.07) is 14.9. The Hall–Kier alpha value is -3.19. The molecular formula is C22H20ClFN4O2. The topological polar surface area (TPSA) is 58.4 Å². The Kier molecular flexibility index (Phi) is 5.55. The van der Waals surface area contributed by atoms with Crippen LogP contribution in [0.15, 0.2) is 54.6 Å². The van der Waals surface area contributed by atoms with Gasteiger partial charge in [0.1, 0.15) is 11.5 Å². The van der Waals surface area contributed by atoms with Crippen LogP contribution in [0.2, 0.25) is 5.02 Å². The summed E-state index contributed by atoms with van der Waals surface area (Å²) < 4.78 is 15.8. The summed E-state index contributed by atoms with van der Waals surface area (Å²) in [4.78, 5) is 28.3. The van der Waals surface area contributed by atoms with Gasteiger partial charge in [-0.3, -0.25) is 9.59 Å². The van der Waals surface area contributed by atoms with Crippen LogP contribution in [0.1, 0.15) is 17.4 Å². The van der Waals surface area contributed by atoms with Gasteiger partial charge in [-0.15, -0.1) is 0 Å². The van der Waals surface area contributed by atoms with Gasteiger partial charge < -0.3 is 9.80 Å². The predicted molar refractivity (Wildman–Crippen MR) is 112 cm³/mol. The summed E-state index contributed by atoms with van der Waals surface area (Å²) in [7, 11) is 0. The van der Waals surface area contributed by atoms with Gasteiger partial charge >= 0.3 is 0 Å². The number of carbonyl (C=O) groups is 2. The molecule has 1 saturated heterocycles. The van der Waals surface area contributed by atoms with E-state index < -0.39 is 5.82 Å². The van der Waals surface area contributed by atoms with E-state index in [0.29, 0.717) is 48.1 Å². The van der Waals surface area contributed by atoms with Crippen LogP contribution in [0.3, 0.4) is 0 Å². The fraction of sp³-hybridized carbons (Fsp3) is 0.227. The van der Waals surface area contributed by atoms with E-state index in [1.54, 1.807) is 58.3 Å². The van der Waals surface area contributed by atoms with Gasteiger partial charge in [0.2, 0.25) is 5.91 Å². The van der Waals surface area contributed by atoms with Crippen LogP contribution < -0.4 is 0 Å². The summed E-state index contributed by atoms with van der Waals surface area (Å²) in [5, 5.41) is 4.94. The number of para-hydroxylation sites is 1. The number of halogens is 2. The molecule has 6 nitrogen and oxygen atoms in total. The predicted octanol–water partition coefficient (Wildman–Crippen LogP) is 3.64. The molecule has 1 fully saturated rings. The normalized spacial score (nSPS) is 14.1. The highest BCUT2D eigenvalue weighted by Crippen LogP contribution is 2.28. The third-order valence-corrected chi connectivity index (χ3v) is 5.49. The van der Waals surface area contributed by atoms with E-state index in [1.165, 1.54) is 17.7 Å². The van der Waals surface area contributed by atoms with E-state index in [9.17, 15) is 14.0 Å². The summed E-state index contributed by atoms with van der Waals surface area (Å²) >= 11 is 6.36. The first-order valence-electron chi connectivity index (χ1n) is 9.60. The standard InChI is InChI=1S/C22H20ClFN4O2/c1-15(29)26-10-12-27(13-11-26)22(30)21-14-19(16-6-2-4-8-18(16)24)25-28(21)20-9-5-3-7-17(20)23/h2-9,14H,10-13H2,1H3. The highest BCUT2D eigenvalue weighted by atomic mass is 35.5. The van der Waals surface area contributed by atoms with Gasteiger partial charge in [0.15, 0.2) is 0 Å². The fourth-order valence-electron chi connectivity index (χ4n) is 3.53. The molecule has 0 bridgehead atoms. The molecule has 2 amide bonds. The van der Waals surface area contributed by atoms with E-state index in [4.69, 9.17) is 11.6 Å². The Morgan fingerprint density at radius 2 is 1.60 bits per heavy atom. The lowest BCUT2D eigenvalue weighted by atomic mass is 10.1. The smallest absolute Gasteiger partial charge is 0.272 e. The van der Waals surface area contributed by atoms with Crippen molar-refractivity contribution in [1.29, 1.82) is 0 Å². The third-order valence-electron chi connectivity index (χ3n) is 5.17. The molecular weight excluding hydrogens is 407 g/mol. The van der Waals surface area contributed by atoms with Crippen LogP contribution in [0.5, 0.6) is 0 Å². The third kappa shape index (κ3) is 3.80. The molecule has 0 atom stereocenters. The quantitative estimate of drug-likeness (QED) is 0.642. The summed E-state index contributed by atoms with van der Waals surface area (Å²) in [5.41, 5.74) is 1.47. The highest BCUT2D eigenvalue weighted by Gasteiger charge is 2.27. The first kappa shape index (κ1) is 20.1. The number of hydrogen-bond donors (Lipinski definition) is 0. The van der Waals surface area contributed by atoms with Crippen LogP contribution >= 0.6 is 11.6 Å². The summed E-state index contributed by atoms with van der Waals surface area (Å²) in [6.45, 7) is 3.30. The fourth-order valence-corrected chi connectivity index (χ4v) is 3.74. The number of hydrogen-bond acceptors (Lipinski definition) is 3. The minimum atomic E-state index is -0.421. The summed E-state index contributed by atoms with van der Waals surface area (Å²) in [5.74, 6) is -0.673. The molecule has 1 aliphatic heterocycles. The van der Waals surface area contributed by atoms with E-state index >= 15 is 0 Å². The van der Waals surface area contributed by atoms with Crippen LogP contribution in [0.4, 0.5) is 4.39 Å². The molecule has 3 aromatic rings. The molecule has 1 aromatic heterocycles. The molecule has 2 aromatic carbocycles. The first-order chi connectivity index (χ1) is 14.5. The minimum Gasteiger partial charge on any atom is -0.339 e. The monoisotopic (exact) mass is 426 g/mol. The zero-order chi connectivity index (χ0) is 21.3. The Labute approximate surface area is 178 Å². The van der Waals surface area contributed by atoms with Crippen molar-refractivity contribution in [3.63, 3.8) is 0 Å². The maximum atomic E-state index is 14.4. The Balaban J connectivity index is 1.75. The number of amides is 2. The van der Waals surface area contributed by atoms with E-state index in [-0.39, 0.29) is 17.5 Å². The van der Waals surface area contributed by atoms with Gasteiger partial charge in [-0.25, -0.2) is 9.07 Å². The zero-order valence-corrected chi connectivity index (χ0v) is 17.1. The molecule has 0 N–H and O–H groups in total. The van der Waals surface area contributed by atoms with Gasteiger partial charge in [0.05, 0.1) is 16.4 Å². The Morgan fingerprint density at radius 3 is 2.27 bits per heavy atom. The number of benzene rings is 2. The van der Waals surface area contributed by atoms with Crippen molar-refractivity contribution in [2.24, 2.45) is 0 Å². The average Bonchev–Trinajstić information content (AvgIpc) is 3.19. The van der Waals surface area contributed by atoms with E-state index in [0.717, 1.165) is 0 Å². The van der Waals surface area contributed by atoms with Crippen molar-refractivity contribution in [3.8, 4) is 16.9 Å². The maximum absolute atomic E-state index is 14.4. The number of rotatable bonds is 3. The van der Waals surface area contributed by atoms with Crippen molar-refractivity contribution in [2.45, 2.75) is 6.92 Å². The number of nitrogens with zero attached hydrogens (tertiary/aromatic N) is 4. The first-order valence-corrected chi connectivity index (χ1v) is 9.98. The van der Waals surface area contributed by atoms with Gasteiger partial charge in [-0.1, -0.05) is 35.9 Å². The lowest BCUT2D eigenvalue weighted by Crippen LogP contribution is -2.50. The zero-order valence-electron chi connectivity index (χ0n) is 16.4. The van der Waals surface area contributed by atoms with Gasteiger partial charge in [0.25, 0.3) is 5.91 Å². The Bertz CT molecular complexity index is 1110. The highest BCUT2D eigenvalue weighted by molar-refractivity contribution is 6.32. The minimum absolute atomic E-state index is 0.00922. The SMILES string of the molecule is CC(=O)N1CCN(C(=O)c2cc(-c3ccccc3F)nn2-c2ccccc2Cl)CC1. The molecule has 30 heavy (non-hydrogen) atoms. The van der Waals surface area contributed by atoms with Crippen LogP contribution in [-0.4, -0.2) is 57.6 Å². The van der Waals surface area contributed by atoms with E-state index in [2.05, 4.69) is 5.10 Å². The molecule has 154 valence electrons. The van der Waals surface area contributed by atoms with Crippen LogP contribution in [0.25, 0.3) is 16.9 Å². The molecule has 0 spiro atoms. The lowest BCUT2D eigenvalue weighted by Gasteiger charge is -2.34. The second-order valence-corrected chi connectivity index (χ2v) is 7.46. The van der Waals surface area contributed by atoms with Crippen molar-refractivity contribution >= 4 is 23.4 Å². The second-order valence-electron chi connectivity index (χ2n) is 7.06. The van der Waals surface area contributed by atoms with Gasteiger partial charge in [0, 0.05) is 38.7 Å². The lowest BCUT2D eigenvalue weighted by molar-refractivity contribution is -0.130. The largest absolute Gasteiger partial charge is 0.339 e. The number of piperazine rings is 1. The average molecular weight is 427 g/mol. The molecule has 0 radical (unpaired) electrons. The van der Waals surface area contributed by atoms with Crippen LogP contribution in [-0.2, 0) is 4.79 Å².